The highest BCUT2D eigenvalue weighted by atomic mass is 15.0. The van der Waals surface area contributed by atoms with Crippen LogP contribution < -0.4 is 0 Å². The molecule has 4 rings (SSSR count). The molecule has 0 spiro atoms. The smallest absolute Gasteiger partial charge is 0.198 e. The predicted octanol–water partition coefficient (Wildman–Crippen LogP) is 6.42. The Morgan fingerprint density at radius 3 is 2.48 bits per heavy atom. The number of nitrogens with zero attached hydrogens (tertiary/aromatic N) is 1. The fourth-order valence-corrected chi connectivity index (χ4v) is 4.48. The molecule has 27 heavy (non-hydrogen) atoms. The Kier molecular flexibility index (Phi) is 4.31. The van der Waals surface area contributed by atoms with Crippen molar-refractivity contribution >= 4 is 28.2 Å². The molecule has 1 nitrogen and oxygen atoms in total. The molecule has 0 saturated carbocycles. The zero-order chi connectivity index (χ0) is 19.0. The lowest BCUT2D eigenvalue weighted by atomic mass is 9.74. The van der Waals surface area contributed by atoms with Crippen molar-refractivity contribution in [3.05, 3.63) is 96.1 Å². The molecule has 0 bridgehead atoms. The summed E-state index contributed by atoms with van der Waals surface area (Å²) in [5, 5.41) is 2.63. The molecule has 3 aromatic carbocycles. The van der Waals surface area contributed by atoms with Crippen LogP contribution in [0.15, 0.2) is 79.4 Å². The first kappa shape index (κ1) is 17.5. The molecule has 0 aromatic heterocycles. The second kappa shape index (κ2) is 6.66. The van der Waals surface area contributed by atoms with Gasteiger partial charge in [-0.15, -0.1) is 6.58 Å². The molecule has 1 heteroatoms. The molecule has 1 heterocycles. The van der Waals surface area contributed by atoms with Gasteiger partial charge in [0.1, 0.15) is 7.05 Å². The van der Waals surface area contributed by atoms with Crippen LogP contribution in [0.3, 0.4) is 0 Å². The van der Waals surface area contributed by atoms with Crippen LogP contribution >= 0.6 is 0 Å². The summed E-state index contributed by atoms with van der Waals surface area (Å²) in [6, 6.07) is 21.7. The molecular formula is C26H26N+. The van der Waals surface area contributed by atoms with Gasteiger partial charge in [0.25, 0.3) is 0 Å². The van der Waals surface area contributed by atoms with E-state index in [4.69, 9.17) is 0 Å². The monoisotopic (exact) mass is 352 g/mol. The summed E-state index contributed by atoms with van der Waals surface area (Å²) < 4.78 is 2.35. The Balaban J connectivity index is 1.91. The fraction of sp³-hybridized carbons (Fsp3) is 0.192. The van der Waals surface area contributed by atoms with Crippen LogP contribution in [0.1, 0.15) is 30.0 Å². The van der Waals surface area contributed by atoms with E-state index in [0.29, 0.717) is 0 Å². The minimum absolute atomic E-state index is 0.0914. The van der Waals surface area contributed by atoms with Crippen LogP contribution in [0.5, 0.6) is 0 Å². The first-order valence-electron chi connectivity index (χ1n) is 9.54. The van der Waals surface area contributed by atoms with E-state index in [0.717, 1.165) is 6.42 Å². The van der Waals surface area contributed by atoms with Crippen LogP contribution in [0.2, 0.25) is 0 Å². The van der Waals surface area contributed by atoms with Gasteiger partial charge in [0.15, 0.2) is 5.71 Å². The summed E-state index contributed by atoms with van der Waals surface area (Å²) in [6.45, 7) is 8.57. The topological polar surface area (TPSA) is 3.01 Å². The highest BCUT2D eigenvalue weighted by Crippen LogP contribution is 2.46. The van der Waals surface area contributed by atoms with Crippen LogP contribution in [-0.2, 0) is 5.41 Å². The van der Waals surface area contributed by atoms with Crippen molar-refractivity contribution in [1.29, 1.82) is 0 Å². The van der Waals surface area contributed by atoms with Crippen molar-refractivity contribution in [2.75, 3.05) is 7.05 Å². The number of allylic oxidation sites excluding steroid dienone is 2. The highest BCUT2D eigenvalue weighted by molar-refractivity contribution is 6.09. The van der Waals surface area contributed by atoms with Crippen LogP contribution in [0.4, 0.5) is 5.69 Å². The third kappa shape index (κ3) is 2.75. The van der Waals surface area contributed by atoms with Crippen molar-refractivity contribution in [2.45, 2.75) is 25.7 Å². The van der Waals surface area contributed by atoms with Crippen LogP contribution in [-0.4, -0.2) is 17.3 Å². The molecule has 0 aliphatic carbocycles. The van der Waals surface area contributed by atoms with Gasteiger partial charge in [-0.25, -0.2) is 0 Å². The summed E-state index contributed by atoms with van der Waals surface area (Å²) in [4.78, 5) is 0. The maximum Gasteiger partial charge on any atom is 0.210 e. The maximum absolute atomic E-state index is 4.06. The third-order valence-corrected chi connectivity index (χ3v) is 5.91. The van der Waals surface area contributed by atoms with Crippen LogP contribution in [0.25, 0.3) is 16.8 Å². The average Bonchev–Trinajstić information content (AvgIpc) is 2.89. The van der Waals surface area contributed by atoms with E-state index in [-0.39, 0.29) is 5.41 Å². The van der Waals surface area contributed by atoms with Crippen molar-refractivity contribution in [3.63, 3.8) is 0 Å². The van der Waals surface area contributed by atoms with E-state index in [1.165, 1.54) is 38.9 Å². The average molecular weight is 353 g/mol. The minimum atomic E-state index is -0.0914. The second-order valence-corrected chi connectivity index (χ2v) is 7.64. The zero-order valence-electron chi connectivity index (χ0n) is 16.4. The molecule has 134 valence electrons. The molecule has 0 fully saturated rings. The van der Waals surface area contributed by atoms with Gasteiger partial charge in [-0.3, -0.25) is 0 Å². The van der Waals surface area contributed by atoms with E-state index in [9.17, 15) is 0 Å². The molecule has 3 aromatic rings. The molecule has 0 amide bonds. The molecular weight excluding hydrogens is 326 g/mol. The van der Waals surface area contributed by atoms with Crippen molar-refractivity contribution in [1.82, 2.24) is 0 Å². The Labute approximate surface area is 162 Å². The van der Waals surface area contributed by atoms with Gasteiger partial charge in [0, 0.05) is 17.7 Å². The number of hydrogen-bond donors (Lipinski definition) is 0. The lowest BCUT2D eigenvalue weighted by Gasteiger charge is -2.22. The Hall–Kier alpha value is -2.93. The zero-order valence-corrected chi connectivity index (χ0v) is 16.4. The molecule has 0 radical (unpaired) electrons. The van der Waals surface area contributed by atoms with E-state index in [1.807, 2.05) is 6.08 Å². The second-order valence-electron chi connectivity index (χ2n) is 7.64. The molecule has 1 aliphatic heterocycles. The Morgan fingerprint density at radius 1 is 0.963 bits per heavy atom. The SMILES string of the molecule is C=CCC1(C)C(C=Cc2ccccc2C)=[N+](C)c2ccc3ccccc3c21. The largest absolute Gasteiger partial charge is 0.210 e. The number of fused-ring (bicyclic) bond motifs is 3. The van der Waals surface area contributed by atoms with Gasteiger partial charge in [-0.2, -0.15) is 4.58 Å². The van der Waals surface area contributed by atoms with Crippen molar-refractivity contribution in [2.24, 2.45) is 0 Å². The first-order valence-corrected chi connectivity index (χ1v) is 9.54. The summed E-state index contributed by atoms with van der Waals surface area (Å²) in [5.41, 5.74) is 6.49. The summed E-state index contributed by atoms with van der Waals surface area (Å²) in [6.07, 6.45) is 7.50. The quantitative estimate of drug-likeness (QED) is 0.376. The van der Waals surface area contributed by atoms with E-state index in [1.54, 1.807) is 0 Å². The highest BCUT2D eigenvalue weighted by Gasteiger charge is 2.46. The molecule has 1 unspecified atom stereocenters. The predicted molar refractivity (Wildman–Crippen MR) is 117 cm³/mol. The van der Waals surface area contributed by atoms with Gasteiger partial charge in [0.05, 0.1) is 5.41 Å². The number of benzene rings is 3. The van der Waals surface area contributed by atoms with Crippen molar-refractivity contribution < 1.29 is 4.58 Å². The summed E-state index contributed by atoms with van der Waals surface area (Å²) in [7, 11) is 2.18. The fourth-order valence-electron chi connectivity index (χ4n) is 4.48. The molecule has 0 N–H and O–H groups in total. The van der Waals surface area contributed by atoms with Crippen molar-refractivity contribution in [3.8, 4) is 0 Å². The van der Waals surface area contributed by atoms with Gasteiger partial charge in [-0.05, 0) is 54.3 Å². The van der Waals surface area contributed by atoms with E-state index >= 15 is 0 Å². The van der Waals surface area contributed by atoms with E-state index in [2.05, 4.69) is 105 Å². The lowest BCUT2D eigenvalue weighted by Crippen LogP contribution is -2.30. The van der Waals surface area contributed by atoms with Gasteiger partial charge < -0.3 is 0 Å². The molecule has 0 saturated heterocycles. The lowest BCUT2D eigenvalue weighted by molar-refractivity contribution is -0.401. The Bertz CT molecular complexity index is 1100. The van der Waals surface area contributed by atoms with Gasteiger partial charge in [-0.1, -0.05) is 54.6 Å². The summed E-state index contributed by atoms with van der Waals surface area (Å²) in [5.74, 6) is 0. The normalized spacial score (nSPS) is 19.1. The number of aryl methyl sites for hydroxylation is 1. The third-order valence-electron chi connectivity index (χ3n) is 5.91. The summed E-state index contributed by atoms with van der Waals surface area (Å²) >= 11 is 0. The maximum atomic E-state index is 4.06. The van der Waals surface area contributed by atoms with Gasteiger partial charge >= 0.3 is 0 Å². The molecule has 1 aliphatic rings. The van der Waals surface area contributed by atoms with Crippen LogP contribution in [0, 0.1) is 6.92 Å². The molecule has 1 atom stereocenters. The first-order chi connectivity index (χ1) is 13.1. The van der Waals surface area contributed by atoms with Gasteiger partial charge in [0.2, 0.25) is 5.69 Å². The van der Waals surface area contributed by atoms with E-state index < -0.39 is 0 Å². The standard InChI is InChI=1S/C26H26N/c1-5-18-26(3)24(17-15-20-11-7-6-10-19(20)2)27(4)23-16-14-21-12-8-9-13-22(21)25(23)26/h5-17H,1,18H2,2-4H3/q+1. The Morgan fingerprint density at radius 2 is 1.70 bits per heavy atom. The number of hydrogen-bond acceptors (Lipinski definition) is 0. The number of rotatable bonds is 4. The minimum Gasteiger partial charge on any atom is -0.198 e.